The molecule has 0 spiro atoms. The summed E-state index contributed by atoms with van der Waals surface area (Å²) in [6.45, 7) is 3.44. The minimum absolute atomic E-state index is 0.0253. The van der Waals surface area contributed by atoms with E-state index < -0.39 is 0 Å². The normalized spacial score (nSPS) is 15.2. The second-order valence-electron chi connectivity index (χ2n) is 6.48. The maximum Gasteiger partial charge on any atom is 0.263 e. The molecule has 0 bridgehead atoms. The molecule has 2 aromatic rings. The first-order valence-corrected chi connectivity index (χ1v) is 9.78. The van der Waals surface area contributed by atoms with Crippen LogP contribution in [0.25, 0.3) is 0 Å². The van der Waals surface area contributed by atoms with Crippen molar-refractivity contribution in [1.82, 2.24) is 4.90 Å². The second-order valence-corrected chi connectivity index (χ2v) is 7.43. The number of carbonyl (C=O) groups excluding carboxylic acids is 2. The van der Waals surface area contributed by atoms with Gasteiger partial charge in [0.25, 0.3) is 5.91 Å². The number of piperidine rings is 1. The molecule has 1 N–H and O–H groups in total. The topological polar surface area (TPSA) is 49.4 Å². The highest BCUT2D eigenvalue weighted by atomic mass is 32.1. The van der Waals surface area contributed by atoms with E-state index in [2.05, 4.69) is 24.4 Å². The minimum Gasteiger partial charge on any atom is -0.338 e. The van der Waals surface area contributed by atoms with Crippen molar-refractivity contribution in [2.45, 2.75) is 32.6 Å². The number of aryl methyl sites for hydroxylation is 1. The Morgan fingerprint density at radius 1 is 1.16 bits per heavy atom. The van der Waals surface area contributed by atoms with E-state index >= 15 is 0 Å². The summed E-state index contributed by atoms with van der Waals surface area (Å²) in [7, 11) is 0. The van der Waals surface area contributed by atoms with E-state index in [4.69, 9.17) is 0 Å². The number of benzene rings is 1. The van der Waals surface area contributed by atoms with Gasteiger partial charge in [0.15, 0.2) is 0 Å². The Morgan fingerprint density at radius 2 is 1.88 bits per heavy atom. The number of anilines is 1. The Kier molecular flexibility index (Phi) is 5.87. The van der Waals surface area contributed by atoms with E-state index in [1.807, 2.05) is 34.5 Å². The van der Waals surface area contributed by atoms with Gasteiger partial charge in [-0.3, -0.25) is 9.59 Å². The molecule has 2 heterocycles. The van der Waals surface area contributed by atoms with Crippen LogP contribution >= 0.6 is 11.3 Å². The van der Waals surface area contributed by atoms with Crippen LogP contribution in [0.15, 0.2) is 41.8 Å². The van der Waals surface area contributed by atoms with Crippen molar-refractivity contribution < 1.29 is 9.59 Å². The average Bonchev–Trinajstić information content (AvgIpc) is 3.18. The predicted octanol–water partition coefficient (Wildman–Crippen LogP) is 4.19. The monoisotopic (exact) mass is 356 g/mol. The van der Waals surface area contributed by atoms with Gasteiger partial charge in [-0.25, -0.2) is 0 Å². The van der Waals surface area contributed by atoms with Crippen LogP contribution in [0.2, 0.25) is 0 Å². The summed E-state index contributed by atoms with van der Waals surface area (Å²) in [5, 5.41) is 4.93. The molecule has 1 aliphatic rings. The molecule has 3 rings (SSSR count). The molecule has 0 saturated carbocycles. The molecule has 0 atom stereocenters. The number of likely N-dealkylation sites (tertiary alicyclic amines) is 1. The van der Waals surface area contributed by atoms with Gasteiger partial charge in [-0.05, 0) is 48.4 Å². The van der Waals surface area contributed by atoms with Crippen LogP contribution in [0.4, 0.5) is 5.69 Å². The van der Waals surface area contributed by atoms with E-state index in [-0.39, 0.29) is 17.7 Å². The Balaban J connectivity index is 1.50. The van der Waals surface area contributed by atoms with E-state index in [9.17, 15) is 9.59 Å². The standard InChI is InChI=1S/C20H24N2O2S/c1-2-4-15-6-8-17(9-7-15)21-19(23)16-10-12-22(13-11-16)20(24)18-5-3-14-25-18/h3,5-9,14,16H,2,4,10-13H2,1H3,(H,21,23). The first kappa shape index (κ1) is 17.7. The molecule has 1 aromatic heterocycles. The molecular formula is C20H24N2O2S. The zero-order chi connectivity index (χ0) is 17.6. The number of amides is 2. The highest BCUT2D eigenvalue weighted by Gasteiger charge is 2.28. The fraction of sp³-hybridized carbons (Fsp3) is 0.400. The number of hydrogen-bond acceptors (Lipinski definition) is 3. The van der Waals surface area contributed by atoms with E-state index in [0.29, 0.717) is 13.1 Å². The molecule has 5 heteroatoms. The van der Waals surface area contributed by atoms with Gasteiger partial charge in [0.05, 0.1) is 4.88 Å². The summed E-state index contributed by atoms with van der Waals surface area (Å²) in [6.07, 6.45) is 3.62. The fourth-order valence-electron chi connectivity index (χ4n) is 3.19. The molecule has 1 fully saturated rings. The van der Waals surface area contributed by atoms with Crippen LogP contribution in [0.3, 0.4) is 0 Å². The Bertz CT molecular complexity index is 702. The Morgan fingerprint density at radius 3 is 2.48 bits per heavy atom. The Labute approximate surface area is 152 Å². The highest BCUT2D eigenvalue weighted by Crippen LogP contribution is 2.22. The van der Waals surface area contributed by atoms with Crippen LogP contribution in [0, 0.1) is 5.92 Å². The lowest BCUT2D eigenvalue weighted by atomic mass is 9.95. The SMILES string of the molecule is CCCc1ccc(NC(=O)C2CCN(C(=O)c3cccs3)CC2)cc1. The van der Waals surface area contributed by atoms with Crippen molar-refractivity contribution in [3.8, 4) is 0 Å². The van der Waals surface area contributed by atoms with Gasteiger partial charge in [-0.2, -0.15) is 0 Å². The summed E-state index contributed by atoms with van der Waals surface area (Å²) in [5.74, 6) is 0.120. The molecule has 1 aromatic carbocycles. The number of nitrogens with zero attached hydrogens (tertiary/aromatic N) is 1. The van der Waals surface area contributed by atoms with Crippen LogP contribution in [0.1, 0.15) is 41.4 Å². The van der Waals surface area contributed by atoms with Gasteiger partial charge in [0.1, 0.15) is 0 Å². The molecule has 25 heavy (non-hydrogen) atoms. The van der Waals surface area contributed by atoms with Gasteiger partial charge in [0, 0.05) is 24.7 Å². The van der Waals surface area contributed by atoms with Crippen LogP contribution in [-0.2, 0) is 11.2 Å². The maximum absolute atomic E-state index is 12.5. The highest BCUT2D eigenvalue weighted by molar-refractivity contribution is 7.12. The van der Waals surface area contributed by atoms with Gasteiger partial charge >= 0.3 is 0 Å². The van der Waals surface area contributed by atoms with Crippen molar-refractivity contribution in [2.24, 2.45) is 5.92 Å². The average molecular weight is 356 g/mol. The molecule has 2 amide bonds. The predicted molar refractivity (Wildman–Crippen MR) is 102 cm³/mol. The second kappa shape index (κ2) is 8.30. The summed E-state index contributed by atoms with van der Waals surface area (Å²) < 4.78 is 0. The number of rotatable bonds is 5. The van der Waals surface area contributed by atoms with Gasteiger partial charge < -0.3 is 10.2 Å². The molecule has 0 aliphatic carbocycles. The number of nitrogens with one attached hydrogen (secondary N) is 1. The van der Waals surface area contributed by atoms with Crippen molar-refractivity contribution in [3.63, 3.8) is 0 Å². The first-order chi connectivity index (χ1) is 12.2. The summed E-state index contributed by atoms with van der Waals surface area (Å²) in [5.41, 5.74) is 2.14. The number of hydrogen-bond donors (Lipinski definition) is 1. The molecule has 1 saturated heterocycles. The summed E-state index contributed by atoms with van der Waals surface area (Å²) >= 11 is 1.47. The van der Waals surface area contributed by atoms with Crippen molar-refractivity contribution >= 4 is 28.8 Å². The maximum atomic E-state index is 12.5. The van der Waals surface area contributed by atoms with E-state index in [1.54, 1.807) is 0 Å². The van der Waals surface area contributed by atoms with Crippen LogP contribution in [0.5, 0.6) is 0 Å². The van der Waals surface area contributed by atoms with Crippen molar-refractivity contribution in [3.05, 3.63) is 52.2 Å². The third-order valence-electron chi connectivity index (χ3n) is 4.65. The molecule has 0 unspecified atom stereocenters. The summed E-state index contributed by atoms with van der Waals surface area (Å²) in [4.78, 5) is 27.4. The van der Waals surface area contributed by atoms with Crippen molar-refractivity contribution in [2.75, 3.05) is 18.4 Å². The lowest BCUT2D eigenvalue weighted by Gasteiger charge is -2.31. The molecule has 0 radical (unpaired) electrons. The zero-order valence-corrected chi connectivity index (χ0v) is 15.3. The van der Waals surface area contributed by atoms with Crippen LogP contribution < -0.4 is 5.32 Å². The van der Waals surface area contributed by atoms with E-state index in [1.165, 1.54) is 16.9 Å². The van der Waals surface area contributed by atoms with Crippen molar-refractivity contribution in [1.29, 1.82) is 0 Å². The van der Waals surface area contributed by atoms with Crippen LogP contribution in [-0.4, -0.2) is 29.8 Å². The summed E-state index contributed by atoms with van der Waals surface area (Å²) in [6, 6.07) is 11.8. The quantitative estimate of drug-likeness (QED) is 0.873. The molecule has 4 nitrogen and oxygen atoms in total. The molecule has 132 valence electrons. The number of thiophene rings is 1. The lowest BCUT2D eigenvalue weighted by molar-refractivity contribution is -0.121. The molecule has 1 aliphatic heterocycles. The smallest absolute Gasteiger partial charge is 0.263 e. The third-order valence-corrected chi connectivity index (χ3v) is 5.50. The first-order valence-electron chi connectivity index (χ1n) is 8.90. The number of carbonyl (C=O) groups is 2. The molecular weight excluding hydrogens is 332 g/mol. The Hall–Kier alpha value is -2.14. The third kappa shape index (κ3) is 4.48. The minimum atomic E-state index is -0.0253. The van der Waals surface area contributed by atoms with Gasteiger partial charge in [-0.1, -0.05) is 31.5 Å². The van der Waals surface area contributed by atoms with Gasteiger partial charge in [0.2, 0.25) is 5.91 Å². The lowest BCUT2D eigenvalue weighted by Crippen LogP contribution is -2.41. The van der Waals surface area contributed by atoms with E-state index in [0.717, 1.165) is 36.2 Å². The fourth-order valence-corrected chi connectivity index (χ4v) is 3.88. The van der Waals surface area contributed by atoms with Gasteiger partial charge in [-0.15, -0.1) is 11.3 Å². The zero-order valence-electron chi connectivity index (χ0n) is 14.5. The largest absolute Gasteiger partial charge is 0.338 e.